The van der Waals surface area contributed by atoms with Crippen LogP contribution < -0.4 is 9.46 Å². The number of nitrogens with zero attached hydrogens (tertiary/aromatic N) is 1. The lowest BCUT2D eigenvalue weighted by Crippen LogP contribution is -2.30. The highest BCUT2D eigenvalue weighted by Gasteiger charge is 2.14. The van der Waals surface area contributed by atoms with Crippen LogP contribution in [-0.2, 0) is 20.6 Å². The van der Waals surface area contributed by atoms with E-state index in [0.717, 1.165) is 12.1 Å². The molecular formula is C16H14ClFN2O4S. The Hall–Kier alpha value is -2.45. The first-order valence-corrected chi connectivity index (χ1v) is 8.98. The van der Waals surface area contributed by atoms with E-state index in [2.05, 4.69) is 4.98 Å². The van der Waals surface area contributed by atoms with Gasteiger partial charge in [-0.3, -0.25) is 4.79 Å². The molecule has 2 rings (SSSR count). The van der Waals surface area contributed by atoms with Gasteiger partial charge in [-0.2, -0.15) is 0 Å². The number of methoxy groups -OCH3 is 1. The van der Waals surface area contributed by atoms with Crippen molar-refractivity contribution in [1.82, 2.24) is 9.71 Å². The second kappa shape index (κ2) is 8.09. The summed E-state index contributed by atoms with van der Waals surface area (Å²) in [6.07, 6.45) is 3.60. The Kier molecular flexibility index (Phi) is 6.11. The summed E-state index contributed by atoms with van der Waals surface area (Å²) in [5.74, 6) is -1.79. The van der Waals surface area contributed by atoms with E-state index in [9.17, 15) is 17.6 Å². The lowest BCUT2D eigenvalue weighted by atomic mass is 10.2. The van der Waals surface area contributed by atoms with Crippen LogP contribution in [0.1, 0.15) is 11.1 Å². The van der Waals surface area contributed by atoms with E-state index in [-0.39, 0.29) is 10.9 Å². The molecule has 0 fully saturated rings. The molecule has 25 heavy (non-hydrogen) atoms. The molecule has 0 bridgehead atoms. The van der Waals surface area contributed by atoms with Crippen LogP contribution in [-0.4, -0.2) is 26.4 Å². The molecule has 0 spiro atoms. The molecule has 1 N–H and O–H groups in total. The number of hydrogen-bond acceptors (Lipinski definition) is 5. The van der Waals surface area contributed by atoms with Gasteiger partial charge >= 0.3 is 0 Å². The third-order valence-electron chi connectivity index (χ3n) is 3.00. The fourth-order valence-electron chi connectivity index (χ4n) is 1.89. The van der Waals surface area contributed by atoms with Gasteiger partial charge in [-0.15, -0.1) is 0 Å². The summed E-state index contributed by atoms with van der Waals surface area (Å²) >= 11 is 5.62. The fraction of sp³-hybridized carbons (Fsp3) is 0.125. The maximum atomic E-state index is 13.5. The summed E-state index contributed by atoms with van der Waals surface area (Å²) in [4.78, 5) is 15.5. The Labute approximate surface area is 149 Å². The van der Waals surface area contributed by atoms with Gasteiger partial charge in [0.2, 0.25) is 10.0 Å². The predicted molar refractivity (Wildman–Crippen MR) is 92.0 cm³/mol. The van der Waals surface area contributed by atoms with Crippen LogP contribution in [0.15, 0.2) is 42.6 Å². The van der Waals surface area contributed by atoms with Crippen molar-refractivity contribution in [3.05, 3.63) is 64.7 Å². The topological polar surface area (TPSA) is 85.4 Å². The Morgan fingerprint density at radius 3 is 2.72 bits per heavy atom. The first kappa shape index (κ1) is 18.9. The highest BCUT2D eigenvalue weighted by Crippen LogP contribution is 2.18. The van der Waals surface area contributed by atoms with Crippen molar-refractivity contribution >= 4 is 33.6 Å². The predicted octanol–water partition coefficient (Wildman–Crippen LogP) is 2.54. The molecule has 9 heteroatoms. The SMILES string of the molecule is COc1ccc(C=CC(=O)NS(=O)(=O)Cc2ccc(Cl)nc2)cc1F. The van der Waals surface area contributed by atoms with E-state index in [4.69, 9.17) is 16.3 Å². The third-order valence-corrected chi connectivity index (χ3v) is 4.45. The van der Waals surface area contributed by atoms with Crippen molar-refractivity contribution < 1.29 is 22.3 Å². The molecule has 6 nitrogen and oxygen atoms in total. The monoisotopic (exact) mass is 384 g/mol. The number of pyridine rings is 1. The van der Waals surface area contributed by atoms with E-state index in [1.165, 1.54) is 43.6 Å². The highest BCUT2D eigenvalue weighted by atomic mass is 35.5. The number of amides is 1. The number of hydrogen-bond donors (Lipinski definition) is 1. The number of nitrogens with one attached hydrogen (secondary N) is 1. The summed E-state index contributed by atoms with van der Waals surface area (Å²) in [5, 5.41) is 0.236. The standard InChI is InChI=1S/C16H14ClFN2O4S/c1-24-14-5-2-11(8-13(14)18)4-7-16(21)20-25(22,23)10-12-3-6-15(17)19-9-12/h2-9H,10H2,1H3,(H,20,21). The second-order valence-electron chi connectivity index (χ2n) is 4.94. The Morgan fingerprint density at radius 2 is 2.12 bits per heavy atom. The molecule has 0 saturated carbocycles. The molecule has 2 aromatic rings. The average Bonchev–Trinajstić information content (AvgIpc) is 2.54. The number of carbonyl (C=O) groups is 1. The molecule has 0 aliphatic rings. The van der Waals surface area contributed by atoms with E-state index < -0.39 is 27.5 Å². The molecular weight excluding hydrogens is 371 g/mol. The number of rotatable bonds is 6. The minimum Gasteiger partial charge on any atom is -0.494 e. The van der Waals surface area contributed by atoms with Gasteiger partial charge in [0.15, 0.2) is 11.6 Å². The Bertz CT molecular complexity index is 899. The first-order valence-electron chi connectivity index (χ1n) is 6.95. The number of ether oxygens (including phenoxy) is 1. The smallest absolute Gasteiger partial charge is 0.257 e. The van der Waals surface area contributed by atoms with Crippen LogP contribution in [0.5, 0.6) is 5.75 Å². The van der Waals surface area contributed by atoms with Gasteiger partial charge in [-0.25, -0.2) is 22.5 Å². The van der Waals surface area contributed by atoms with Crippen molar-refractivity contribution in [2.75, 3.05) is 7.11 Å². The molecule has 0 aliphatic carbocycles. The van der Waals surface area contributed by atoms with Crippen molar-refractivity contribution in [1.29, 1.82) is 0 Å². The van der Waals surface area contributed by atoms with Gasteiger partial charge in [0.1, 0.15) is 5.15 Å². The van der Waals surface area contributed by atoms with Crippen LogP contribution in [0.3, 0.4) is 0 Å². The second-order valence-corrected chi connectivity index (χ2v) is 7.05. The molecule has 0 saturated heterocycles. The number of sulfonamides is 1. The lowest BCUT2D eigenvalue weighted by Gasteiger charge is -2.05. The average molecular weight is 385 g/mol. The summed E-state index contributed by atoms with van der Waals surface area (Å²) in [5.41, 5.74) is 0.763. The largest absolute Gasteiger partial charge is 0.494 e. The van der Waals surface area contributed by atoms with E-state index in [1.54, 1.807) is 0 Å². The van der Waals surface area contributed by atoms with E-state index >= 15 is 0 Å². The van der Waals surface area contributed by atoms with Crippen LogP contribution in [0.2, 0.25) is 5.15 Å². The summed E-state index contributed by atoms with van der Waals surface area (Å²) in [6.45, 7) is 0. The zero-order valence-corrected chi connectivity index (χ0v) is 14.6. The van der Waals surface area contributed by atoms with Crippen LogP contribution in [0.25, 0.3) is 6.08 Å². The summed E-state index contributed by atoms with van der Waals surface area (Å²) < 4.78 is 44.1. The van der Waals surface area contributed by atoms with E-state index in [0.29, 0.717) is 11.1 Å². The maximum Gasteiger partial charge on any atom is 0.257 e. The van der Waals surface area contributed by atoms with Gasteiger partial charge in [0.25, 0.3) is 5.91 Å². The number of halogens is 2. The molecule has 132 valence electrons. The molecule has 1 heterocycles. The zero-order valence-electron chi connectivity index (χ0n) is 13.1. The molecule has 1 amide bonds. The van der Waals surface area contributed by atoms with Crippen LogP contribution >= 0.6 is 11.6 Å². The van der Waals surface area contributed by atoms with Crippen LogP contribution in [0, 0.1) is 5.82 Å². The van der Waals surface area contributed by atoms with Crippen molar-refractivity contribution in [2.45, 2.75) is 5.75 Å². The molecule has 0 aliphatic heterocycles. The minimum atomic E-state index is -3.90. The first-order chi connectivity index (χ1) is 11.8. The normalized spacial score (nSPS) is 11.5. The Balaban J connectivity index is 2.00. The lowest BCUT2D eigenvalue weighted by molar-refractivity contribution is -0.114. The molecule has 1 aromatic heterocycles. The maximum absolute atomic E-state index is 13.5. The quantitative estimate of drug-likeness (QED) is 0.611. The number of benzene rings is 1. The molecule has 0 unspecified atom stereocenters. The van der Waals surface area contributed by atoms with Gasteiger partial charge in [-0.1, -0.05) is 23.7 Å². The Morgan fingerprint density at radius 1 is 1.36 bits per heavy atom. The zero-order chi connectivity index (χ0) is 18.4. The van der Waals surface area contributed by atoms with Crippen molar-refractivity contribution in [3.63, 3.8) is 0 Å². The number of aromatic nitrogens is 1. The van der Waals surface area contributed by atoms with Crippen molar-refractivity contribution in [2.24, 2.45) is 0 Å². The highest BCUT2D eigenvalue weighted by molar-refractivity contribution is 7.89. The third kappa shape index (κ3) is 5.84. The van der Waals surface area contributed by atoms with Crippen molar-refractivity contribution in [3.8, 4) is 5.75 Å². The molecule has 0 atom stereocenters. The molecule has 1 aromatic carbocycles. The summed E-state index contributed by atoms with van der Waals surface area (Å²) in [6, 6.07) is 7.04. The van der Waals surface area contributed by atoms with Gasteiger partial charge < -0.3 is 4.74 Å². The number of carbonyl (C=O) groups excluding carboxylic acids is 1. The minimum absolute atomic E-state index is 0.0701. The van der Waals surface area contributed by atoms with Gasteiger partial charge in [0, 0.05) is 12.3 Å². The van der Waals surface area contributed by atoms with Gasteiger partial charge in [0.05, 0.1) is 12.9 Å². The van der Waals surface area contributed by atoms with E-state index in [1.807, 2.05) is 4.72 Å². The summed E-state index contributed by atoms with van der Waals surface area (Å²) in [7, 11) is -2.56. The molecule has 0 radical (unpaired) electrons. The van der Waals surface area contributed by atoms with Gasteiger partial charge in [-0.05, 0) is 35.4 Å². The fourth-order valence-corrected chi connectivity index (χ4v) is 3.06. The van der Waals surface area contributed by atoms with Crippen LogP contribution in [0.4, 0.5) is 4.39 Å².